The van der Waals surface area contributed by atoms with Gasteiger partial charge in [0.15, 0.2) is 0 Å². The van der Waals surface area contributed by atoms with E-state index in [1.165, 1.54) is 22.3 Å². The zero-order valence-corrected chi connectivity index (χ0v) is 14.3. The van der Waals surface area contributed by atoms with Crippen molar-refractivity contribution in [3.05, 3.63) is 40.5 Å². The fraction of sp³-hybridized carbons (Fsp3) is 0.579. The number of hydrogen-bond acceptors (Lipinski definition) is 1. The van der Waals surface area contributed by atoms with Crippen molar-refractivity contribution in [2.75, 3.05) is 0 Å². The number of benzene rings is 1. The minimum absolute atomic E-state index is 0.0788. The molecule has 20 heavy (non-hydrogen) atoms. The monoisotopic (exact) mass is 273 g/mol. The Morgan fingerprint density at radius 2 is 1.50 bits per heavy atom. The average Bonchev–Trinajstić information content (AvgIpc) is 2.23. The molecule has 0 spiro atoms. The average molecular weight is 273 g/mol. The molecule has 0 unspecified atom stereocenters. The van der Waals surface area contributed by atoms with E-state index in [-0.39, 0.29) is 11.0 Å². The van der Waals surface area contributed by atoms with E-state index in [4.69, 9.17) is 5.73 Å². The van der Waals surface area contributed by atoms with Gasteiger partial charge in [-0.05, 0) is 68.2 Å². The molecule has 0 fully saturated rings. The lowest BCUT2D eigenvalue weighted by Gasteiger charge is -2.21. The zero-order valence-electron chi connectivity index (χ0n) is 14.3. The number of rotatable bonds is 4. The number of nitrogens with two attached hydrogens (primary N) is 1. The highest BCUT2D eigenvalue weighted by Crippen LogP contribution is 2.27. The van der Waals surface area contributed by atoms with Gasteiger partial charge in [-0.15, -0.1) is 0 Å². The summed E-state index contributed by atoms with van der Waals surface area (Å²) in [5.74, 6) is 0. The van der Waals surface area contributed by atoms with Crippen LogP contribution in [0, 0.1) is 13.8 Å². The van der Waals surface area contributed by atoms with Gasteiger partial charge in [-0.3, -0.25) is 0 Å². The molecular weight excluding hydrogens is 242 g/mol. The maximum atomic E-state index is 6.01. The second-order valence-electron chi connectivity index (χ2n) is 7.70. The molecule has 2 N–H and O–H groups in total. The van der Waals surface area contributed by atoms with Crippen molar-refractivity contribution in [2.45, 2.75) is 72.3 Å². The van der Waals surface area contributed by atoms with Gasteiger partial charge >= 0.3 is 0 Å². The quantitative estimate of drug-likeness (QED) is 0.808. The van der Waals surface area contributed by atoms with Crippen molar-refractivity contribution in [3.63, 3.8) is 0 Å². The molecule has 0 radical (unpaired) electrons. The third-order valence-electron chi connectivity index (χ3n) is 3.70. The van der Waals surface area contributed by atoms with E-state index in [1.54, 1.807) is 0 Å². The van der Waals surface area contributed by atoms with E-state index in [9.17, 15) is 0 Å². The summed E-state index contributed by atoms with van der Waals surface area (Å²) in [5, 5.41) is 0. The first-order valence-corrected chi connectivity index (χ1v) is 7.58. The van der Waals surface area contributed by atoms with Gasteiger partial charge in [0.25, 0.3) is 0 Å². The van der Waals surface area contributed by atoms with Crippen molar-refractivity contribution >= 4 is 6.08 Å². The molecular formula is C19H31N. The molecule has 0 amide bonds. The van der Waals surface area contributed by atoms with E-state index < -0.39 is 0 Å². The molecule has 1 rings (SSSR count). The molecule has 0 bridgehead atoms. The first-order valence-electron chi connectivity index (χ1n) is 7.58. The highest BCUT2D eigenvalue weighted by Gasteiger charge is 2.15. The van der Waals surface area contributed by atoms with Gasteiger partial charge in [0, 0.05) is 5.54 Å². The van der Waals surface area contributed by atoms with Crippen molar-refractivity contribution in [1.82, 2.24) is 0 Å². The molecule has 1 aromatic rings. The summed E-state index contributed by atoms with van der Waals surface area (Å²) < 4.78 is 0. The Hall–Kier alpha value is -1.08. The van der Waals surface area contributed by atoms with Crippen LogP contribution in [0.5, 0.6) is 0 Å². The van der Waals surface area contributed by atoms with Crippen LogP contribution in [0.15, 0.2) is 18.2 Å². The Kier molecular flexibility index (Phi) is 5.21. The highest BCUT2D eigenvalue weighted by atomic mass is 14.7. The van der Waals surface area contributed by atoms with Gasteiger partial charge in [-0.2, -0.15) is 0 Å². The van der Waals surface area contributed by atoms with Crippen LogP contribution in [-0.2, 0) is 5.41 Å². The highest BCUT2D eigenvalue weighted by molar-refractivity contribution is 5.59. The number of hydrogen-bond donors (Lipinski definition) is 1. The van der Waals surface area contributed by atoms with Crippen LogP contribution in [0.4, 0.5) is 0 Å². The first-order chi connectivity index (χ1) is 9.00. The number of aryl methyl sites for hydroxylation is 2. The van der Waals surface area contributed by atoms with Crippen molar-refractivity contribution in [3.8, 4) is 0 Å². The maximum absolute atomic E-state index is 6.01. The lowest BCUT2D eigenvalue weighted by molar-refractivity contribution is 0.482. The molecule has 0 heterocycles. The van der Waals surface area contributed by atoms with Crippen LogP contribution in [-0.4, -0.2) is 5.54 Å². The molecule has 1 aromatic carbocycles. The van der Waals surface area contributed by atoms with Gasteiger partial charge in [0.2, 0.25) is 0 Å². The second-order valence-corrected chi connectivity index (χ2v) is 7.70. The predicted octanol–water partition coefficient (Wildman–Crippen LogP) is 5.13. The molecule has 112 valence electrons. The summed E-state index contributed by atoms with van der Waals surface area (Å²) in [4.78, 5) is 0. The van der Waals surface area contributed by atoms with E-state index in [0.29, 0.717) is 0 Å². The smallest absolute Gasteiger partial charge is 0.01000 e. The van der Waals surface area contributed by atoms with Crippen LogP contribution < -0.4 is 5.73 Å². The lowest BCUT2D eigenvalue weighted by Crippen LogP contribution is -2.31. The van der Waals surface area contributed by atoms with Crippen molar-refractivity contribution in [2.24, 2.45) is 5.73 Å². The molecule has 1 nitrogen and oxygen atoms in total. The molecule has 0 atom stereocenters. The van der Waals surface area contributed by atoms with Gasteiger partial charge in [0.05, 0.1) is 0 Å². The first kappa shape index (κ1) is 17.0. The Bertz CT molecular complexity index is 458. The van der Waals surface area contributed by atoms with E-state index in [1.807, 2.05) is 0 Å². The maximum Gasteiger partial charge on any atom is 0.01000 e. The number of allylic oxidation sites excluding steroid dienone is 1. The Morgan fingerprint density at radius 3 is 1.90 bits per heavy atom. The van der Waals surface area contributed by atoms with E-state index in [0.717, 1.165) is 12.8 Å². The van der Waals surface area contributed by atoms with E-state index >= 15 is 0 Å². The Labute approximate surface area is 125 Å². The fourth-order valence-electron chi connectivity index (χ4n) is 2.33. The topological polar surface area (TPSA) is 26.0 Å². The minimum atomic E-state index is -0.0788. The summed E-state index contributed by atoms with van der Waals surface area (Å²) in [5.41, 5.74) is 11.6. The predicted molar refractivity (Wildman–Crippen MR) is 91.2 cm³/mol. The van der Waals surface area contributed by atoms with Crippen molar-refractivity contribution in [1.29, 1.82) is 0 Å². The summed E-state index contributed by atoms with van der Waals surface area (Å²) in [6.07, 6.45) is 6.55. The molecule has 0 saturated heterocycles. The van der Waals surface area contributed by atoms with Crippen LogP contribution >= 0.6 is 0 Å². The molecule has 0 aliphatic carbocycles. The SMILES string of the molecule is Cc1cc(C(C)(C)C)cc(C)c1/C=C/CCC(C)(C)N. The van der Waals surface area contributed by atoms with Crippen LogP contribution in [0.25, 0.3) is 6.08 Å². The third kappa shape index (κ3) is 5.13. The van der Waals surface area contributed by atoms with Gasteiger partial charge in [0.1, 0.15) is 0 Å². The van der Waals surface area contributed by atoms with Gasteiger partial charge in [-0.1, -0.05) is 45.1 Å². The largest absolute Gasteiger partial charge is 0.326 e. The summed E-state index contributed by atoms with van der Waals surface area (Å²) in [6, 6.07) is 4.64. The van der Waals surface area contributed by atoms with E-state index in [2.05, 4.69) is 72.8 Å². The normalized spacial score (nSPS) is 13.2. The molecule has 0 saturated carbocycles. The summed E-state index contributed by atoms with van der Waals surface area (Å²) >= 11 is 0. The molecule has 0 aliphatic rings. The Balaban J connectivity index is 2.90. The third-order valence-corrected chi connectivity index (χ3v) is 3.70. The van der Waals surface area contributed by atoms with Gasteiger partial charge < -0.3 is 5.73 Å². The van der Waals surface area contributed by atoms with Crippen LogP contribution in [0.2, 0.25) is 0 Å². The second kappa shape index (κ2) is 6.13. The Morgan fingerprint density at radius 1 is 1.00 bits per heavy atom. The lowest BCUT2D eigenvalue weighted by atomic mass is 9.83. The van der Waals surface area contributed by atoms with Gasteiger partial charge in [-0.25, -0.2) is 0 Å². The standard InChI is InChI=1S/C19H31N/c1-14-12-16(18(3,4)5)13-15(2)17(14)10-8-9-11-19(6,7)20/h8,10,12-13H,9,11,20H2,1-7H3/b10-8+. The zero-order chi connectivity index (χ0) is 15.6. The summed E-state index contributed by atoms with van der Waals surface area (Å²) in [6.45, 7) is 15.4. The fourth-order valence-corrected chi connectivity index (χ4v) is 2.33. The summed E-state index contributed by atoms with van der Waals surface area (Å²) in [7, 11) is 0. The molecule has 0 aromatic heterocycles. The van der Waals surface area contributed by atoms with Crippen LogP contribution in [0.3, 0.4) is 0 Å². The van der Waals surface area contributed by atoms with Crippen LogP contribution in [0.1, 0.15) is 69.7 Å². The van der Waals surface area contributed by atoms with Crippen molar-refractivity contribution < 1.29 is 0 Å². The minimum Gasteiger partial charge on any atom is -0.326 e. The molecule has 0 aliphatic heterocycles. The molecule has 1 heteroatoms.